The third-order valence-corrected chi connectivity index (χ3v) is 6.86. The number of quaternary nitrogens is 1. The van der Waals surface area contributed by atoms with Crippen molar-refractivity contribution in [3.8, 4) is 5.75 Å². The van der Waals surface area contributed by atoms with Gasteiger partial charge in [-0.1, -0.05) is 61.5 Å². The number of hydrogen-bond acceptors (Lipinski definition) is 3. The Kier molecular flexibility index (Phi) is 7.94. The Balaban J connectivity index is 1.48. The molecule has 2 aromatic carbocycles. The molecule has 31 heavy (non-hydrogen) atoms. The van der Waals surface area contributed by atoms with E-state index in [9.17, 15) is 0 Å². The lowest BCUT2D eigenvalue weighted by Crippen LogP contribution is -3.14. The molecule has 0 amide bonds. The third kappa shape index (κ3) is 6.07. The zero-order chi connectivity index (χ0) is 21.3. The molecule has 0 bridgehead atoms. The van der Waals surface area contributed by atoms with Gasteiger partial charge in [0.25, 0.3) is 0 Å². The van der Waals surface area contributed by atoms with Crippen LogP contribution in [0.3, 0.4) is 0 Å². The Morgan fingerprint density at radius 2 is 1.81 bits per heavy atom. The highest BCUT2D eigenvalue weighted by molar-refractivity contribution is 7.10. The fourth-order valence-corrected chi connectivity index (χ4v) is 4.90. The van der Waals surface area contributed by atoms with Crippen LogP contribution in [0, 0.1) is 0 Å². The van der Waals surface area contributed by atoms with E-state index in [2.05, 4.69) is 85.1 Å². The van der Waals surface area contributed by atoms with Crippen molar-refractivity contribution in [3.05, 3.63) is 94.2 Å². The highest BCUT2D eigenvalue weighted by atomic mass is 32.1. The van der Waals surface area contributed by atoms with Gasteiger partial charge < -0.3 is 14.4 Å². The van der Waals surface area contributed by atoms with Gasteiger partial charge in [-0.25, -0.2) is 0 Å². The van der Waals surface area contributed by atoms with Crippen LogP contribution in [0.1, 0.15) is 35.3 Å². The molecular formula is C27H32NO2S+. The normalized spacial score (nSPS) is 16.2. The summed E-state index contributed by atoms with van der Waals surface area (Å²) in [5.74, 6) is 1.20. The van der Waals surface area contributed by atoms with E-state index in [1.807, 2.05) is 11.3 Å². The first-order valence-corrected chi connectivity index (χ1v) is 12.1. The molecule has 2 heterocycles. The van der Waals surface area contributed by atoms with Crippen molar-refractivity contribution < 1.29 is 14.4 Å². The Labute approximate surface area is 189 Å². The second kappa shape index (κ2) is 11.3. The van der Waals surface area contributed by atoms with Crippen LogP contribution in [-0.2, 0) is 4.74 Å². The summed E-state index contributed by atoms with van der Waals surface area (Å²) in [5, 5.41) is 2.16. The fraction of sp³-hybridized carbons (Fsp3) is 0.333. The molecule has 1 aromatic heterocycles. The zero-order valence-corrected chi connectivity index (χ0v) is 19.1. The summed E-state index contributed by atoms with van der Waals surface area (Å²) in [7, 11) is 0. The maximum Gasteiger partial charge on any atom is 0.137 e. The van der Waals surface area contributed by atoms with Crippen molar-refractivity contribution >= 4 is 16.9 Å². The molecule has 0 aliphatic carbocycles. The number of nitrogens with one attached hydrogen (secondary N) is 1. The number of hydrogen-bond donors (Lipinski definition) is 1. The SMILES string of the molecule is CCC(=C[C@@H](c1ccc(OCC[NH+]2CCOCC2)cc1)c1cccs1)c1ccccc1. The molecular weight excluding hydrogens is 402 g/mol. The molecule has 0 spiro atoms. The van der Waals surface area contributed by atoms with Crippen molar-refractivity contribution in [2.75, 3.05) is 39.5 Å². The third-order valence-electron chi connectivity index (χ3n) is 5.91. The lowest BCUT2D eigenvalue weighted by molar-refractivity contribution is -0.908. The van der Waals surface area contributed by atoms with E-state index in [0.717, 1.165) is 51.6 Å². The minimum Gasteiger partial charge on any atom is -0.488 e. The summed E-state index contributed by atoms with van der Waals surface area (Å²) >= 11 is 1.82. The van der Waals surface area contributed by atoms with Gasteiger partial charge in [-0.2, -0.15) is 0 Å². The molecule has 0 saturated carbocycles. The molecule has 3 aromatic rings. The largest absolute Gasteiger partial charge is 0.488 e. The van der Waals surface area contributed by atoms with Crippen molar-refractivity contribution in [1.29, 1.82) is 0 Å². The van der Waals surface area contributed by atoms with Gasteiger partial charge in [0.1, 0.15) is 32.0 Å². The van der Waals surface area contributed by atoms with Gasteiger partial charge in [0, 0.05) is 10.8 Å². The second-order valence-electron chi connectivity index (χ2n) is 7.93. The van der Waals surface area contributed by atoms with E-state index in [4.69, 9.17) is 9.47 Å². The van der Waals surface area contributed by atoms with Gasteiger partial charge in [0.15, 0.2) is 0 Å². The molecule has 162 valence electrons. The molecule has 3 nitrogen and oxygen atoms in total. The number of rotatable bonds is 9. The smallest absolute Gasteiger partial charge is 0.137 e. The fourth-order valence-electron chi connectivity index (χ4n) is 4.08. The Morgan fingerprint density at radius 1 is 1.03 bits per heavy atom. The van der Waals surface area contributed by atoms with Crippen molar-refractivity contribution in [2.24, 2.45) is 0 Å². The molecule has 0 unspecified atom stereocenters. The molecule has 1 atom stereocenters. The topological polar surface area (TPSA) is 22.9 Å². The van der Waals surface area contributed by atoms with E-state index in [-0.39, 0.29) is 5.92 Å². The average Bonchev–Trinajstić information content (AvgIpc) is 3.36. The van der Waals surface area contributed by atoms with E-state index in [1.54, 1.807) is 4.90 Å². The minimum absolute atomic E-state index is 0.252. The number of allylic oxidation sites excluding steroid dienone is 2. The van der Waals surface area contributed by atoms with Crippen LogP contribution in [0.25, 0.3) is 5.57 Å². The Bertz CT molecular complexity index is 929. The van der Waals surface area contributed by atoms with Gasteiger partial charge in [-0.15, -0.1) is 11.3 Å². The van der Waals surface area contributed by atoms with Crippen molar-refractivity contribution in [3.63, 3.8) is 0 Å². The Morgan fingerprint density at radius 3 is 2.48 bits per heavy atom. The van der Waals surface area contributed by atoms with E-state index < -0.39 is 0 Å². The van der Waals surface area contributed by atoms with Crippen LogP contribution in [0.2, 0.25) is 0 Å². The van der Waals surface area contributed by atoms with Gasteiger partial charge >= 0.3 is 0 Å². The summed E-state index contributed by atoms with van der Waals surface area (Å²) in [4.78, 5) is 2.94. The minimum atomic E-state index is 0.252. The van der Waals surface area contributed by atoms with Gasteiger partial charge in [0.05, 0.1) is 13.2 Å². The number of morpholine rings is 1. The van der Waals surface area contributed by atoms with Crippen LogP contribution >= 0.6 is 11.3 Å². The number of ether oxygens (including phenoxy) is 2. The van der Waals surface area contributed by atoms with E-state index in [1.165, 1.54) is 21.6 Å². The first kappa shape index (κ1) is 21.8. The van der Waals surface area contributed by atoms with Crippen LogP contribution in [-0.4, -0.2) is 39.5 Å². The quantitative estimate of drug-likeness (QED) is 0.529. The predicted octanol–water partition coefficient (Wildman–Crippen LogP) is 4.67. The van der Waals surface area contributed by atoms with Crippen molar-refractivity contribution in [2.45, 2.75) is 19.3 Å². The van der Waals surface area contributed by atoms with Gasteiger partial charge in [-0.3, -0.25) is 0 Å². The second-order valence-corrected chi connectivity index (χ2v) is 8.91. The molecule has 1 fully saturated rings. The molecule has 1 aliphatic rings. The lowest BCUT2D eigenvalue weighted by Gasteiger charge is -2.23. The van der Waals surface area contributed by atoms with Crippen molar-refractivity contribution in [1.82, 2.24) is 0 Å². The number of benzene rings is 2. The summed E-state index contributed by atoms with van der Waals surface area (Å²) in [6.07, 6.45) is 3.44. The first-order chi connectivity index (χ1) is 15.3. The van der Waals surface area contributed by atoms with Crippen LogP contribution in [0.15, 0.2) is 78.2 Å². The molecule has 0 radical (unpaired) electrons. The standard InChI is InChI=1S/C27H31NO2S/c1-2-22(23-7-4-3-5-8-23)21-26(27-9-6-20-31-27)24-10-12-25(13-11-24)30-19-16-28-14-17-29-18-15-28/h3-13,20-21,26H,2,14-19H2,1H3/p+1/t26-/m0/s1. The van der Waals surface area contributed by atoms with Crippen LogP contribution in [0.5, 0.6) is 5.75 Å². The molecule has 4 rings (SSSR count). The molecule has 1 saturated heterocycles. The maximum absolute atomic E-state index is 6.03. The van der Waals surface area contributed by atoms with Gasteiger partial charge in [0.2, 0.25) is 0 Å². The van der Waals surface area contributed by atoms with E-state index in [0.29, 0.717) is 0 Å². The summed E-state index contributed by atoms with van der Waals surface area (Å²) in [6, 6.07) is 23.8. The maximum atomic E-state index is 6.03. The summed E-state index contributed by atoms with van der Waals surface area (Å²) < 4.78 is 11.5. The summed E-state index contributed by atoms with van der Waals surface area (Å²) in [5.41, 5.74) is 3.99. The van der Waals surface area contributed by atoms with Gasteiger partial charge in [-0.05, 0) is 46.7 Å². The van der Waals surface area contributed by atoms with Crippen LogP contribution in [0.4, 0.5) is 0 Å². The predicted molar refractivity (Wildman–Crippen MR) is 129 cm³/mol. The molecule has 4 heteroatoms. The Hall–Kier alpha value is -2.40. The lowest BCUT2D eigenvalue weighted by atomic mass is 9.91. The monoisotopic (exact) mass is 434 g/mol. The van der Waals surface area contributed by atoms with E-state index >= 15 is 0 Å². The zero-order valence-electron chi connectivity index (χ0n) is 18.3. The molecule has 1 N–H and O–H groups in total. The highest BCUT2D eigenvalue weighted by Gasteiger charge is 2.16. The summed E-state index contributed by atoms with van der Waals surface area (Å²) in [6.45, 7) is 7.91. The highest BCUT2D eigenvalue weighted by Crippen LogP contribution is 2.34. The average molecular weight is 435 g/mol. The first-order valence-electron chi connectivity index (χ1n) is 11.3. The molecule has 1 aliphatic heterocycles. The van der Waals surface area contributed by atoms with Crippen LogP contribution < -0.4 is 9.64 Å². The number of thiophene rings is 1.